The van der Waals surface area contributed by atoms with Crippen LogP contribution in [0.3, 0.4) is 0 Å². The van der Waals surface area contributed by atoms with Crippen molar-refractivity contribution in [1.29, 1.82) is 0 Å². The number of halogens is 4. The molecule has 1 atom stereocenters. The zero-order valence-corrected chi connectivity index (χ0v) is 17.4. The third-order valence-electron chi connectivity index (χ3n) is 5.46. The number of carbonyl (C=O) groups is 1. The van der Waals surface area contributed by atoms with Crippen molar-refractivity contribution in [1.82, 2.24) is 9.88 Å². The highest BCUT2D eigenvalue weighted by Crippen LogP contribution is 2.36. The maximum atomic E-state index is 14.2. The predicted molar refractivity (Wildman–Crippen MR) is 115 cm³/mol. The Morgan fingerprint density at radius 3 is 2.76 bits per heavy atom. The number of allylic oxidation sites excluding steroid dienone is 5. The minimum atomic E-state index is -4.84. The van der Waals surface area contributed by atoms with Gasteiger partial charge < -0.3 is 15.3 Å². The third-order valence-corrected chi connectivity index (χ3v) is 5.46. The van der Waals surface area contributed by atoms with Crippen LogP contribution in [-0.2, 0) is 0 Å². The van der Waals surface area contributed by atoms with Gasteiger partial charge >= 0.3 is 12.1 Å². The standard InChI is InChI=1S/C23H20F4N4O2/c1-13-10-18(14-6-3-2-4-7-14)29-21-16(8-5-9-31(13)21)19(23(25,26)27)30-20-17(22(32)33)11-15(24)12-28-20/h5-6,8-12,19H,1-4,7H2,(H,28,30)(H,32,33)/t19-/m0/s1. The molecule has 2 aliphatic heterocycles. The van der Waals surface area contributed by atoms with E-state index in [4.69, 9.17) is 0 Å². The number of nitrogens with one attached hydrogen (secondary N) is 1. The number of nitrogens with zero attached hydrogens (tertiary/aromatic N) is 3. The van der Waals surface area contributed by atoms with Gasteiger partial charge in [0.1, 0.15) is 23.0 Å². The molecule has 1 aromatic rings. The highest BCUT2D eigenvalue weighted by Gasteiger charge is 2.46. The van der Waals surface area contributed by atoms with Gasteiger partial charge in [0.25, 0.3) is 0 Å². The summed E-state index contributed by atoms with van der Waals surface area (Å²) in [4.78, 5) is 21.0. The molecule has 3 heterocycles. The fourth-order valence-corrected chi connectivity index (χ4v) is 3.89. The van der Waals surface area contributed by atoms with Crippen molar-refractivity contribution in [2.24, 2.45) is 4.99 Å². The van der Waals surface area contributed by atoms with Gasteiger partial charge in [-0.1, -0.05) is 18.7 Å². The van der Waals surface area contributed by atoms with E-state index in [0.29, 0.717) is 23.7 Å². The van der Waals surface area contributed by atoms with E-state index >= 15 is 0 Å². The number of hydrogen-bond acceptors (Lipinski definition) is 5. The number of carboxylic acids is 1. The summed E-state index contributed by atoms with van der Waals surface area (Å²) < 4.78 is 56.1. The molecule has 4 rings (SSSR count). The van der Waals surface area contributed by atoms with Gasteiger partial charge in [-0.25, -0.2) is 19.2 Å². The second-order valence-electron chi connectivity index (χ2n) is 7.74. The molecule has 0 bridgehead atoms. The van der Waals surface area contributed by atoms with Crippen LogP contribution < -0.4 is 5.32 Å². The van der Waals surface area contributed by atoms with Gasteiger partial charge in [-0.3, -0.25) is 0 Å². The van der Waals surface area contributed by atoms with Gasteiger partial charge in [0, 0.05) is 17.5 Å². The van der Waals surface area contributed by atoms with Gasteiger partial charge in [-0.05, 0) is 49.5 Å². The van der Waals surface area contributed by atoms with E-state index in [0.717, 1.165) is 31.3 Å². The number of amidine groups is 1. The Labute approximate surface area is 187 Å². The first-order valence-electron chi connectivity index (χ1n) is 10.2. The molecule has 0 saturated carbocycles. The lowest BCUT2D eigenvalue weighted by Gasteiger charge is -2.35. The van der Waals surface area contributed by atoms with E-state index < -0.39 is 35.4 Å². The van der Waals surface area contributed by atoms with Crippen LogP contribution in [0.2, 0.25) is 0 Å². The third kappa shape index (κ3) is 4.59. The zero-order chi connectivity index (χ0) is 23.8. The summed E-state index contributed by atoms with van der Waals surface area (Å²) in [6.45, 7) is 3.96. The van der Waals surface area contributed by atoms with E-state index in [-0.39, 0.29) is 11.4 Å². The number of pyridine rings is 1. The van der Waals surface area contributed by atoms with Crippen LogP contribution in [0.15, 0.2) is 76.9 Å². The zero-order valence-electron chi connectivity index (χ0n) is 17.4. The number of fused-ring (bicyclic) bond motifs is 1. The molecule has 0 amide bonds. The van der Waals surface area contributed by atoms with E-state index in [2.05, 4.69) is 21.9 Å². The SMILES string of the molecule is C=C1C=C(C2=CCCCC2)N=C2C([C@H](Nc3ncc(F)cc3C(=O)O)C(F)(F)F)=CC=CN12. The second kappa shape index (κ2) is 8.68. The van der Waals surface area contributed by atoms with Crippen molar-refractivity contribution in [3.05, 3.63) is 83.3 Å². The first kappa shape index (κ1) is 22.5. The Balaban J connectivity index is 1.76. The number of alkyl halides is 3. The fraction of sp³-hybridized carbons (Fsp3) is 0.261. The summed E-state index contributed by atoms with van der Waals surface area (Å²) in [5, 5.41) is 11.5. The van der Waals surface area contributed by atoms with Crippen molar-refractivity contribution >= 4 is 17.6 Å². The van der Waals surface area contributed by atoms with Crippen LogP contribution in [0.4, 0.5) is 23.4 Å². The maximum absolute atomic E-state index is 14.2. The van der Waals surface area contributed by atoms with Crippen LogP contribution in [0.25, 0.3) is 0 Å². The van der Waals surface area contributed by atoms with Crippen LogP contribution in [0, 0.1) is 5.82 Å². The van der Waals surface area contributed by atoms with Crippen molar-refractivity contribution in [3.63, 3.8) is 0 Å². The molecule has 0 unspecified atom stereocenters. The highest BCUT2D eigenvalue weighted by molar-refractivity contribution is 6.05. The first-order chi connectivity index (χ1) is 15.6. The molecule has 6 nitrogen and oxygen atoms in total. The van der Waals surface area contributed by atoms with E-state index in [1.807, 2.05) is 6.08 Å². The molecule has 0 aromatic carbocycles. The fourth-order valence-electron chi connectivity index (χ4n) is 3.89. The molecular formula is C23H20F4N4O2. The van der Waals surface area contributed by atoms with Crippen molar-refractivity contribution in [2.45, 2.75) is 37.9 Å². The summed E-state index contributed by atoms with van der Waals surface area (Å²) in [6, 6.07) is -1.74. The largest absolute Gasteiger partial charge is 0.478 e. The Morgan fingerprint density at radius 1 is 1.30 bits per heavy atom. The summed E-state index contributed by atoms with van der Waals surface area (Å²) in [6.07, 6.45) is 7.47. The summed E-state index contributed by atoms with van der Waals surface area (Å²) in [5.41, 5.74) is 1.01. The first-order valence-corrected chi connectivity index (χ1v) is 10.2. The summed E-state index contributed by atoms with van der Waals surface area (Å²) in [5.74, 6) is -3.16. The lowest BCUT2D eigenvalue weighted by atomic mass is 9.94. The van der Waals surface area contributed by atoms with Crippen LogP contribution >= 0.6 is 0 Å². The molecule has 10 heteroatoms. The number of rotatable bonds is 5. The normalized spacial score (nSPS) is 19.2. The Morgan fingerprint density at radius 2 is 2.09 bits per heavy atom. The van der Waals surface area contributed by atoms with E-state index in [1.165, 1.54) is 17.1 Å². The Kier molecular flexibility index (Phi) is 5.92. The minimum absolute atomic E-state index is 0.0280. The average Bonchev–Trinajstić information content (AvgIpc) is 2.77. The number of anilines is 1. The number of hydrogen-bond donors (Lipinski definition) is 2. The molecule has 1 aliphatic carbocycles. The molecule has 172 valence electrons. The van der Waals surface area contributed by atoms with E-state index in [1.54, 1.807) is 12.3 Å². The monoisotopic (exact) mass is 460 g/mol. The summed E-state index contributed by atoms with van der Waals surface area (Å²) >= 11 is 0. The molecule has 0 radical (unpaired) electrons. The molecule has 33 heavy (non-hydrogen) atoms. The number of aromatic nitrogens is 1. The molecule has 0 spiro atoms. The smallest absolute Gasteiger partial charge is 0.412 e. The van der Waals surface area contributed by atoms with Crippen molar-refractivity contribution in [3.8, 4) is 0 Å². The van der Waals surface area contributed by atoms with Gasteiger partial charge in [0.2, 0.25) is 0 Å². The molecule has 1 aromatic heterocycles. The van der Waals surface area contributed by atoms with Crippen LogP contribution in [-0.4, -0.2) is 39.0 Å². The lowest BCUT2D eigenvalue weighted by Crippen LogP contribution is -2.45. The summed E-state index contributed by atoms with van der Waals surface area (Å²) in [7, 11) is 0. The Hall–Kier alpha value is -3.69. The molecular weight excluding hydrogens is 440 g/mol. The highest BCUT2D eigenvalue weighted by atomic mass is 19.4. The van der Waals surface area contributed by atoms with Gasteiger partial charge in [-0.2, -0.15) is 13.2 Å². The Bertz CT molecular complexity index is 1160. The van der Waals surface area contributed by atoms with Gasteiger partial charge in [0.05, 0.1) is 11.9 Å². The van der Waals surface area contributed by atoms with Gasteiger partial charge in [-0.15, -0.1) is 0 Å². The second-order valence-corrected chi connectivity index (χ2v) is 7.74. The minimum Gasteiger partial charge on any atom is -0.478 e. The maximum Gasteiger partial charge on any atom is 0.412 e. The molecule has 3 aliphatic rings. The van der Waals surface area contributed by atoms with Gasteiger partial charge in [0.15, 0.2) is 6.04 Å². The molecule has 0 fully saturated rings. The number of carboxylic acid groups (broad SMARTS) is 1. The molecule has 0 saturated heterocycles. The number of aliphatic imine (C=N–C) groups is 1. The molecule has 2 N–H and O–H groups in total. The van der Waals surface area contributed by atoms with E-state index in [9.17, 15) is 27.5 Å². The van der Waals surface area contributed by atoms with Crippen molar-refractivity contribution in [2.75, 3.05) is 5.32 Å². The number of aromatic carboxylic acids is 1. The van der Waals surface area contributed by atoms with Crippen molar-refractivity contribution < 1.29 is 27.5 Å². The quantitative estimate of drug-likeness (QED) is 0.581. The topological polar surface area (TPSA) is 77.8 Å². The van der Waals surface area contributed by atoms with Crippen LogP contribution in [0.5, 0.6) is 0 Å². The lowest BCUT2D eigenvalue weighted by molar-refractivity contribution is -0.133. The predicted octanol–water partition coefficient (Wildman–Crippen LogP) is 5.33. The average molecular weight is 460 g/mol. The van der Waals surface area contributed by atoms with Crippen LogP contribution in [0.1, 0.15) is 36.0 Å².